The van der Waals surface area contributed by atoms with Crippen LogP contribution in [-0.4, -0.2) is 27.6 Å². The summed E-state index contributed by atoms with van der Waals surface area (Å²) in [7, 11) is 5.66. The highest BCUT2D eigenvalue weighted by Gasteiger charge is 2.06. The predicted molar refractivity (Wildman–Crippen MR) is 55.2 cm³/mol. The van der Waals surface area contributed by atoms with Gasteiger partial charge in [0.2, 0.25) is 6.41 Å². The number of carbonyl (C=O) groups is 1. The van der Waals surface area contributed by atoms with E-state index in [4.69, 9.17) is 0 Å². The molecule has 0 aromatic heterocycles. The van der Waals surface area contributed by atoms with Crippen molar-refractivity contribution in [2.24, 2.45) is 0 Å². The fraction of sp³-hybridized carbons (Fsp3) is 0.300. The fourth-order valence-corrected chi connectivity index (χ4v) is 1.20. The van der Waals surface area contributed by atoms with Gasteiger partial charge in [-0.15, -0.1) is 0 Å². The van der Waals surface area contributed by atoms with E-state index in [0.29, 0.717) is 0 Å². The summed E-state index contributed by atoms with van der Waals surface area (Å²) >= 11 is 0. The third kappa shape index (κ3) is 1.99. The van der Waals surface area contributed by atoms with Crippen molar-refractivity contribution >= 4 is 17.8 Å². The predicted octanol–water partition coefficient (Wildman–Crippen LogP) is 1.35. The molecule has 1 aromatic carbocycles. The van der Waals surface area contributed by atoms with Crippen LogP contribution in [0.2, 0.25) is 0 Å². The van der Waals surface area contributed by atoms with E-state index in [1.54, 1.807) is 11.9 Å². The maximum absolute atomic E-state index is 10.6. The largest absolute Gasteiger partial charge is 0.376 e. The Morgan fingerprint density at radius 2 is 1.62 bits per heavy atom. The minimum Gasteiger partial charge on any atom is -0.376 e. The second-order valence-corrected chi connectivity index (χ2v) is 3.10. The van der Waals surface area contributed by atoms with Gasteiger partial charge in [0, 0.05) is 21.1 Å². The number of benzene rings is 1. The Hall–Kier alpha value is -1.51. The first kappa shape index (κ1) is 9.58. The first-order valence-corrected chi connectivity index (χ1v) is 4.11. The van der Waals surface area contributed by atoms with Crippen LogP contribution in [-0.2, 0) is 4.79 Å². The Bertz CT molecular complexity index is 297. The molecule has 0 heterocycles. The molecule has 0 aliphatic heterocycles. The second-order valence-electron chi connectivity index (χ2n) is 3.10. The van der Waals surface area contributed by atoms with Crippen LogP contribution in [0.4, 0.5) is 11.4 Å². The molecule has 0 saturated heterocycles. The number of anilines is 2. The maximum atomic E-state index is 10.6. The summed E-state index contributed by atoms with van der Waals surface area (Å²) in [5.41, 5.74) is 1.96. The van der Waals surface area contributed by atoms with Gasteiger partial charge in [0.25, 0.3) is 0 Å². The number of rotatable bonds is 3. The standard InChI is InChI=1S/C10H14N2O/c1-11(2)9-6-4-5-7-10(9)12(3)8-13/h4-8H,1-3H3. The van der Waals surface area contributed by atoms with Crippen LogP contribution >= 0.6 is 0 Å². The van der Waals surface area contributed by atoms with Gasteiger partial charge in [-0.05, 0) is 12.1 Å². The van der Waals surface area contributed by atoms with Crippen LogP contribution < -0.4 is 9.80 Å². The highest BCUT2D eigenvalue weighted by molar-refractivity contribution is 5.83. The van der Waals surface area contributed by atoms with Crippen LogP contribution in [0.15, 0.2) is 24.3 Å². The lowest BCUT2D eigenvalue weighted by atomic mass is 10.2. The van der Waals surface area contributed by atoms with Crippen LogP contribution in [0.25, 0.3) is 0 Å². The van der Waals surface area contributed by atoms with Crippen LogP contribution in [0.1, 0.15) is 0 Å². The highest BCUT2D eigenvalue weighted by Crippen LogP contribution is 2.25. The van der Waals surface area contributed by atoms with Gasteiger partial charge in [-0.2, -0.15) is 0 Å². The molecule has 0 fully saturated rings. The Morgan fingerprint density at radius 1 is 1.08 bits per heavy atom. The molecular formula is C10H14N2O. The zero-order chi connectivity index (χ0) is 9.84. The molecule has 0 atom stereocenters. The van der Waals surface area contributed by atoms with Gasteiger partial charge in [0.15, 0.2) is 0 Å². The van der Waals surface area contributed by atoms with E-state index < -0.39 is 0 Å². The average Bonchev–Trinajstić information content (AvgIpc) is 2.16. The van der Waals surface area contributed by atoms with Gasteiger partial charge < -0.3 is 9.80 Å². The summed E-state index contributed by atoms with van der Waals surface area (Å²) in [6.45, 7) is 0. The van der Waals surface area contributed by atoms with E-state index in [1.165, 1.54) is 0 Å². The lowest BCUT2D eigenvalue weighted by molar-refractivity contribution is -0.107. The van der Waals surface area contributed by atoms with Crippen molar-refractivity contribution in [3.63, 3.8) is 0 Å². The van der Waals surface area contributed by atoms with E-state index in [9.17, 15) is 4.79 Å². The third-order valence-corrected chi connectivity index (χ3v) is 1.90. The molecule has 0 aliphatic rings. The Balaban J connectivity index is 3.11. The van der Waals surface area contributed by atoms with E-state index in [0.717, 1.165) is 17.8 Å². The van der Waals surface area contributed by atoms with Crippen molar-refractivity contribution in [2.45, 2.75) is 0 Å². The van der Waals surface area contributed by atoms with Crippen molar-refractivity contribution in [3.05, 3.63) is 24.3 Å². The van der Waals surface area contributed by atoms with Crippen LogP contribution in [0.5, 0.6) is 0 Å². The SMILES string of the molecule is CN(C)c1ccccc1N(C)C=O. The smallest absolute Gasteiger partial charge is 0.213 e. The molecule has 0 spiro atoms. The minimum atomic E-state index is 0.808. The topological polar surface area (TPSA) is 23.6 Å². The molecule has 3 nitrogen and oxygen atoms in total. The molecule has 0 saturated carbocycles. The third-order valence-electron chi connectivity index (χ3n) is 1.90. The summed E-state index contributed by atoms with van der Waals surface area (Å²) in [5, 5.41) is 0. The zero-order valence-corrected chi connectivity index (χ0v) is 8.19. The second kappa shape index (κ2) is 3.94. The van der Waals surface area contributed by atoms with Gasteiger partial charge in [0.05, 0.1) is 11.4 Å². The van der Waals surface area contributed by atoms with Gasteiger partial charge in [-0.1, -0.05) is 12.1 Å². The highest BCUT2D eigenvalue weighted by atomic mass is 16.1. The Morgan fingerprint density at radius 3 is 2.08 bits per heavy atom. The molecule has 1 rings (SSSR count). The summed E-state index contributed by atoms with van der Waals surface area (Å²) in [4.78, 5) is 14.1. The van der Waals surface area contributed by atoms with Gasteiger partial charge in [0.1, 0.15) is 0 Å². The van der Waals surface area contributed by atoms with Crippen molar-refractivity contribution in [1.82, 2.24) is 0 Å². The van der Waals surface area contributed by atoms with Crippen LogP contribution in [0, 0.1) is 0 Å². The van der Waals surface area contributed by atoms with Gasteiger partial charge >= 0.3 is 0 Å². The lowest BCUT2D eigenvalue weighted by Gasteiger charge is -2.20. The lowest BCUT2D eigenvalue weighted by Crippen LogP contribution is -2.18. The summed E-state index contributed by atoms with van der Waals surface area (Å²) < 4.78 is 0. The van der Waals surface area contributed by atoms with Crippen LogP contribution in [0.3, 0.4) is 0 Å². The molecule has 3 heteroatoms. The van der Waals surface area contributed by atoms with Crippen molar-refractivity contribution in [3.8, 4) is 0 Å². The molecule has 0 aliphatic carbocycles. The molecule has 1 aromatic rings. The number of para-hydroxylation sites is 2. The van der Waals surface area contributed by atoms with Crippen molar-refractivity contribution in [1.29, 1.82) is 0 Å². The first-order chi connectivity index (χ1) is 6.16. The van der Waals surface area contributed by atoms with Gasteiger partial charge in [-0.3, -0.25) is 4.79 Å². The van der Waals surface area contributed by atoms with E-state index in [1.807, 2.05) is 43.3 Å². The Kier molecular flexibility index (Phi) is 2.90. The van der Waals surface area contributed by atoms with Crippen molar-refractivity contribution < 1.29 is 4.79 Å². The quantitative estimate of drug-likeness (QED) is 0.652. The first-order valence-electron chi connectivity index (χ1n) is 4.11. The average molecular weight is 178 g/mol. The summed E-state index contributed by atoms with van der Waals surface area (Å²) in [5.74, 6) is 0. The molecule has 0 bridgehead atoms. The molecular weight excluding hydrogens is 164 g/mol. The van der Waals surface area contributed by atoms with E-state index in [-0.39, 0.29) is 0 Å². The summed E-state index contributed by atoms with van der Waals surface area (Å²) in [6, 6.07) is 7.78. The number of carbonyl (C=O) groups excluding carboxylic acids is 1. The molecule has 0 N–H and O–H groups in total. The molecule has 1 amide bonds. The fourth-order valence-electron chi connectivity index (χ4n) is 1.20. The zero-order valence-electron chi connectivity index (χ0n) is 8.19. The number of amides is 1. The minimum absolute atomic E-state index is 0.808. The van der Waals surface area contributed by atoms with E-state index >= 15 is 0 Å². The number of hydrogen-bond acceptors (Lipinski definition) is 2. The molecule has 0 radical (unpaired) electrons. The maximum Gasteiger partial charge on any atom is 0.213 e. The van der Waals surface area contributed by atoms with Gasteiger partial charge in [-0.25, -0.2) is 0 Å². The number of hydrogen-bond donors (Lipinski definition) is 0. The molecule has 13 heavy (non-hydrogen) atoms. The number of nitrogens with zero attached hydrogens (tertiary/aromatic N) is 2. The van der Waals surface area contributed by atoms with E-state index in [2.05, 4.69) is 0 Å². The summed E-state index contributed by atoms with van der Waals surface area (Å²) in [6.07, 6.45) is 0.808. The molecule has 0 unspecified atom stereocenters. The monoisotopic (exact) mass is 178 g/mol. The normalized spacial score (nSPS) is 9.46. The van der Waals surface area contributed by atoms with Crippen molar-refractivity contribution in [2.75, 3.05) is 30.9 Å². The Labute approximate surface area is 78.6 Å². The molecule has 70 valence electrons.